The zero-order chi connectivity index (χ0) is 16.8. The van der Waals surface area contributed by atoms with Crippen LogP contribution in [0.4, 0.5) is 5.69 Å². The minimum absolute atomic E-state index is 0.0324. The van der Waals surface area contributed by atoms with E-state index in [0.717, 1.165) is 5.56 Å². The number of carbonyl (C=O) groups excluding carboxylic acids is 1. The number of allylic oxidation sites excluding steroid dienone is 1. The van der Waals surface area contributed by atoms with Crippen LogP contribution in [0.25, 0.3) is 12.2 Å². The average molecular weight is 311 g/mol. The van der Waals surface area contributed by atoms with Crippen LogP contribution in [-0.2, 0) is 4.79 Å². The minimum atomic E-state index is -0.332. The van der Waals surface area contributed by atoms with E-state index in [-0.39, 0.29) is 23.2 Å². The molecule has 2 aromatic carbocycles. The van der Waals surface area contributed by atoms with Gasteiger partial charge in [-0.15, -0.1) is 0 Å². The van der Waals surface area contributed by atoms with Crippen LogP contribution in [0.2, 0.25) is 0 Å². The first-order valence-electron chi connectivity index (χ1n) is 6.96. The summed E-state index contributed by atoms with van der Waals surface area (Å²) in [6, 6.07) is 9.03. The highest BCUT2D eigenvalue weighted by Gasteiger charge is 2.04. The highest BCUT2D eigenvalue weighted by molar-refractivity contribution is 6.00. The van der Waals surface area contributed by atoms with Gasteiger partial charge in [0.1, 0.15) is 17.2 Å². The Hall–Kier alpha value is -3.21. The summed E-state index contributed by atoms with van der Waals surface area (Å²) in [5.74, 6) is -0.429. The van der Waals surface area contributed by atoms with Crippen molar-refractivity contribution in [2.24, 2.45) is 0 Å². The van der Waals surface area contributed by atoms with E-state index in [4.69, 9.17) is 0 Å². The highest BCUT2D eigenvalue weighted by Crippen LogP contribution is 2.26. The van der Waals surface area contributed by atoms with E-state index in [1.54, 1.807) is 37.3 Å². The monoisotopic (exact) mass is 311 g/mol. The second kappa shape index (κ2) is 7.17. The molecular weight excluding hydrogens is 294 g/mol. The van der Waals surface area contributed by atoms with E-state index < -0.39 is 0 Å². The van der Waals surface area contributed by atoms with E-state index in [9.17, 15) is 20.1 Å². The lowest BCUT2D eigenvalue weighted by Gasteiger charge is -2.06. The summed E-state index contributed by atoms with van der Waals surface area (Å²) >= 11 is 0. The van der Waals surface area contributed by atoms with Crippen molar-refractivity contribution in [1.82, 2.24) is 0 Å². The van der Waals surface area contributed by atoms with Crippen molar-refractivity contribution in [3.05, 3.63) is 59.7 Å². The molecular formula is C18H17NO4. The summed E-state index contributed by atoms with van der Waals surface area (Å²) in [4.78, 5) is 11.5. The van der Waals surface area contributed by atoms with Gasteiger partial charge in [-0.25, -0.2) is 0 Å². The fourth-order valence-electron chi connectivity index (χ4n) is 1.99. The summed E-state index contributed by atoms with van der Waals surface area (Å²) in [7, 11) is 0. The van der Waals surface area contributed by atoms with Crippen LogP contribution in [-0.4, -0.2) is 21.2 Å². The number of aromatic hydroxyl groups is 3. The molecule has 0 saturated carbocycles. The molecule has 0 radical (unpaired) electrons. The Morgan fingerprint density at radius 2 is 1.61 bits per heavy atom. The van der Waals surface area contributed by atoms with E-state index in [0.29, 0.717) is 11.3 Å². The van der Waals surface area contributed by atoms with E-state index in [1.165, 1.54) is 30.3 Å². The number of phenolic OH excluding ortho intramolecular Hbond substituents is 3. The molecule has 5 nitrogen and oxygen atoms in total. The van der Waals surface area contributed by atoms with Gasteiger partial charge in [0.05, 0.1) is 5.69 Å². The van der Waals surface area contributed by atoms with Crippen LogP contribution >= 0.6 is 0 Å². The van der Waals surface area contributed by atoms with Crippen molar-refractivity contribution in [2.45, 2.75) is 6.92 Å². The molecule has 4 N–H and O–H groups in total. The number of hydrogen-bond acceptors (Lipinski definition) is 4. The molecule has 118 valence electrons. The van der Waals surface area contributed by atoms with Gasteiger partial charge in [-0.1, -0.05) is 24.3 Å². The molecule has 0 atom stereocenters. The molecule has 23 heavy (non-hydrogen) atoms. The molecule has 0 aliphatic rings. The molecule has 1 amide bonds. The third-order valence-corrected chi connectivity index (χ3v) is 2.99. The van der Waals surface area contributed by atoms with E-state index in [2.05, 4.69) is 5.32 Å². The molecule has 5 heteroatoms. The van der Waals surface area contributed by atoms with E-state index in [1.807, 2.05) is 0 Å². The lowest BCUT2D eigenvalue weighted by molar-refractivity contribution is -0.111. The van der Waals surface area contributed by atoms with Crippen molar-refractivity contribution in [3.63, 3.8) is 0 Å². The van der Waals surface area contributed by atoms with Crippen LogP contribution in [0.5, 0.6) is 17.2 Å². The average Bonchev–Trinajstić information content (AvgIpc) is 2.47. The van der Waals surface area contributed by atoms with Gasteiger partial charge in [-0.05, 0) is 48.4 Å². The molecule has 0 bridgehead atoms. The molecule has 0 aromatic heterocycles. The molecule has 0 heterocycles. The highest BCUT2D eigenvalue weighted by atomic mass is 16.3. The topological polar surface area (TPSA) is 89.8 Å². The molecule has 2 aromatic rings. The second-order valence-electron chi connectivity index (χ2n) is 4.88. The van der Waals surface area contributed by atoms with Crippen LogP contribution in [0.3, 0.4) is 0 Å². The van der Waals surface area contributed by atoms with Crippen molar-refractivity contribution >= 4 is 23.7 Å². The summed E-state index contributed by atoms with van der Waals surface area (Å²) in [6.07, 6.45) is 6.39. The number of nitrogens with one attached hydrogen (secondary N) is 1. The Balaban J connectivity index is 2.23. The number of rotatable bonds is 4. The predicted octanol–water partition coefficient (Wildman–Crippen LogP) is 3.49. The summed E-state index contributed by atoms with van der Waals surface area (Å²) in [5.41, 5.74) is 1.66. The normalized spacial score (nSPS) is 11.2. The third-order valence-electron chi connectivity index (χ3n) is 2.99. The fraction of sp³-hybridized carbons (Fsp3) is 0.0556. The van der Waals surface area contributed by atoms with Gasteiger partial charge in [0.2, 0.25) is 5.91 Å². The predicted molar refractivity (Wildman–Crippen MR) is 90.3 cm³/mol. The Labute approximate surface area is 133 Å². The summed E-state index contributed by atoms with van der Waals surface area (Å²) in [6.45, 7) is 1.73. The van der Waals surface area contributed by atoms with Crippen molar-refractivity contribution in [1.29, 1.82) is 0 Å². The molecule has 0 aliphatic heterocycles. The van der Waals surface area contributed by atoms with Crippen molar-refractivity contribution < 1.29 is 20.1 Å². The number of phenols is 3. The van der Waals surface area contributed by atoms with E-state index >= 15 is 0 Å². The fourth-order valence-corrected chi connectivity index (χ4v) is 1.99. The Morgan fingerprint density at radius 1 is 0.957 bits per heavy atom. The van der Waals surface area contributed by atoms with Crippen LogP contribution in [0, 0.1) is 0 Å². The molecule has 0 fully saturated rings. The van der Waals surface area contributed by atoms with Gasteiger partial charge in [-0.2, -0.15) is 0 Å². The van der Waals surface area contributed by atoms with Crippen LogP contribution in [0.1, 0.15) is 18.1 Å². The Bertz CT molecular complexity index is 758. The molecule has 0 unspecified atom stereocenters. The lowest BCUT2D eigenvalue weighted by atomic mass is 10.1. The summed E-state index contributed by atoms with van der Waals surface area (Å²) < 4.78 is 0. The SMILES string of the molecule is C/C=C/C(=O)Nc1cc(/C=C/c2cc(O)cc(O)c2)ccc1O. The second-order valence-corrected chi connectivity index (χ2v) is 4.88. The molecule has 0 spiro atoms. The standard InChI is InChI=1S/C18H17NO4/c1-2-3-18(23)19-16-10-12(6-7-17(16)22)4-5-13-8-14(20)11-15(21)9-13/h2-11,20-22H,1H3,(H,19,23)/b3-2+,5-4+. The number of benzene rings is 2. The zero-order valence-corrected chi connectivity index (χ0v) is 12.5. The minimum Gasteiger partial charge on any atom is -0.508 e. The molecule has 2 rings (SSSR count). The van der Waals surface area contributed by atoms with Gasteiger partial charge < -0.3 is 20.6 Å². The first-order chi connectivity index (χ1) is 11.0. The first-order valence-corrected chi connectivity index (χ1v) is 6.96. The van der Waals surface area contributed by atoms with Crippen molar-refractivity contribution in [2.75, 3.05) is 5.32 Å². The lowest BCUT2D eigenvalue weighted by Crippen LogP contribution is -2.07. The largest absolute Gasteiger partial charge is 0.508 e. The zero-order valence-electron chi connectivity index (χ0n) is 12.5. The maximum absolute atomic E-state index is 11.5. The van der Waals surface area contributed by atoms with Gasteiger partial charge in [-0.3, -0.25) is 4.79 Å². The number of hydrogen-bond donors (Lipinski definition) is 4. The van der Waals surface area contributed by atoms with Crippen molar-refractivity contribution in [3.8, 4) is 17.2 Å². The van der Waals surface area contributed by atoms with Gasteiger partial charge >= 0.3 is 0 Å². The number of carbonyl (C=O) groups is 1. The maximum atomic E-state index is 11.5. The molecule has 0 saturated heterocycles. The number of amides is 1. The first kappa shape index (κ1) is 16.2. The summed E-state index contributed by atoms with van der Waals surface area (Å²) in [5, 5.41) is 31.2. The smallest absolute Gasteiger partial charge is 0.248 e. The Kier molecular flexibility index (Phi) is 5.04. The van der Waals surface area contributed by atoms with Gasteiger partial charge in [0.15, 0.2) is 0 Å². The van der Waals surface area contributed by atoms with Crippen LogP contribution < -0.4 is 5.32 Å². The Morgan fingerprint density at radius 3 is 2.26 bits per heavy atom. The number of anilines is 1. The molecule has 0 aliphatic carbocycles. The third kappa shape index (κ3) is 4.64. The van der Waals surface area contributed by atoms with Gasteiger partial charge in [0, 0.05) is 6.07 Å². The van der Waals surface area contributed by atoms with Crippen LogP contribution in [0.15, 0.2) is 48.6 Å². The maximum Gasteiger partial charge on any atom is 0.248 e. The van der Waals surface area contributed by atoms with Gasteiger partial charge in [0.25, 0.3) is 0 Å². The quantitative estimate of drug-likeness (QED) is 0.395.